The van der Waals surface area contributed by atoms with Gasteiger partial charge in [0.05, 0.1) is 12.2 Å². The Balaban J connectivity index is 1.48. The molecule has 0 aliphatic carbocycles. The van der Waals surface area contributed by atoms with E-state index in [1.165, 1.54) is 24.1 Å². The van der Waals surface area contributed by atoms with Crippen LogP contribution in [0.15, 0.2) is 30.5 Å². The lowest BCUT2D eigenvalue weighted by atomic mass is 10.1. The van der Waals surface area contributed by atoms with Crippen LogP contribution in [0.2, 0.25) is 0 Å². The number of nitrogens with one attached hydrogen (secondary N) is 2. The van der Waals surface area contributed by atoms with Crippen molar-refractivity contribution in [1.82, 2.24) is 24.9 Å². The minimum absolute atomic E-state index is 0.0517. The van der Waals surface area contributed by atoms with E-state index in [9.17, 15) is 0 Å². The molecular weight excluding hydrogens is 414 g/mol. The first-order valence-corrected chi connectivity index (χ1v) is 12.3. The van der Waals surface area contributed by atoms with Gasteiger partial charge in [0.2, 0.25) is 5.95 Å². The Kier molecular flexibility index (Phi) is 6.35. The molecule has 8 heteroatoms. The molecule has 0 saturated carbocycles. The van der Waals surface area contributed by atoms with Crippen molar-refractivity contribution in [3.63, 3.8) is 0 Å². The average Bonchev–Trinajstić information content (AvgIpc) is 3.50. The number of ether oxygens (including phenoxy) is 1. The second kappa shape index (κ2) is 9.55. The van der Waals surface area contributed by atoms with E-state index in [0.29, 0.717) is 17.9 Å². The van der Waals surface area contributed by atoms with Crippen LogP contribution in [0.3, 0.4) is 0 Å². The summed E-state index contributed by atoms with van der Waals surface area (Å²) in [4.78, 5) is 12.0. The topological polar surface area (TPSA) is 79.6 Å². The van der Waals surface area contributed by atoms with Crippen LogP contribution >= 0.6 is 0 Å². The summed E-state index contributed by atoms with van der Waals surface area (Å²) in [5.74, 6) is 0.970. The van der Waals surface area contributed by atoms with Gasteiger partial charge in [-0.2, -0.15) is 19.6 Å². The first-order chi connectivity index (χ1) is 16.1. The quantitative estimate of drug-likeness (QED) is 0.561. The minimum atomic E-state index is 0.0517. The molecule has 8 nitrogen and oxygen atoms in total. The van der Waals surface area contributed by atoms with Crippen LogP contribution in [-0.2, 0) is 0 Å². The number of nitrogens with zero attached hydrogens (tertiary/aromatic N) is 5. The highest BCUT2D eigenvalue weighted by Crippen LogP contribution is 2.31. The molecule has 4 heterocycles. The number of hydrogen-bond acceptors (Lipinski definition) is 7. The van der Waals surface area contributed by atoms with Gasteiger partial charge in [-0.05, 0) is 56.7 Å². The Morgan fingerprint density at radius 1 is 1.06 bits per heavy atom. The zero-order valence-electron chi connectivity index (χ0n) is 19.9. The fourth-order valence-corrected chi connectivity index (χ4v) is 4.87. The van der Waals surface area contributed by atoms with Crippen LogP contribution in [0, 0.1) is 0 Å². The standard InChI is InChI=1S/C25H35N7O/c1-17(2)21-16-27-32-23(21)29-25(33-19-9-8-12-26-15-19)30-24(32)28-18(3)20-10-4-5-11-22(20)31-13-6-7-14-31/h4-5,10-11,16-19,26H,6-9,12-15H2,1-3H3,(H,28,29,30)/t18?,19-/m1/s1. The lowest BCUT2D eigenvalue weighted by molar-refractivity contribution is 0.153. The van der Waals surface area contributed by atoms with Gasteiger partial charge in [-0.25, -0.2) is 0 Å². The number of fused-ring (bicyclic) bond motifs is 1. The van der Waals surface area contributed by atoms with Crippen molar-refractivity contribution in [3.8, 4) is 6.01 Å². The van der Waals surface area contributed by atoms with Crippen molar-refractivity contribution in [3.05, 3.63) is 41.6 Å². The number of rotatable bonds is 7. The number of para-hydroxylation sites is 1. The molecule has 0 bridgehead atoms. The van der Waals surface area contributed by atoms with E-state index in [1.807, 2.05) is 10.7 Å². The van der Waals surface area contributed by atoms with Gasteiger partial charge in [-0.1, -0.05) is 32.0 Å². The van der Waals surface area contributed by atoms with Crippen molar-refractivity contribution in [2.75, 3.05) is 36.4 Å². The smallest absolute Gasteiger partial charge is 0.322 e. The van der Waals surface area contributed by atoms with Gasteiger partial charge in [0, 0.05) is 30.9 Å². The maximum Gasteiger partial charge on any atom is 0.322 e. The SMILES string of the molecule is CC(C)c1cnn2c(NC(C)c3ccccc3N3CCCC3)nc(O[C@@H]3CCCNC3)nc12. The molecule has 176 valence electrons. The van der Waals surface area contributed by atoms with Gasteiger partial charge >= 0.3 is 6.01 Å². The summed E-state index contributed by atoms with van der Waals surface area (Å²) >= 11 is 0. The van der Waals surface area contributed by atoms with Gasteiger partial charge < -0.3 is 20.3 Å². The Hall–Kier alpha value is -2.87. The largest absolute Gasteiger partial charge is 0.459 e. The maximum absolute atomic E-state index is 6.23. The number of aromatic nitrogens is 4. The van der Waals surface area contributed by atoms with Crippen molar-refractivity contribution < 1.29 is 4.74 Å². The first-order valence-electron chi connectivity index (χ1n) is 12.3. The van der Waals surface area contributed by atoms with E-state index in [2.05, 4.69) is 65.7 Å². The molecule has 2 fully saturated rings. The summed E-state index contributed by atoms with van der Waals surface area (Å²) in [6, 6.07) is 9.13. The third-order valence-electron chi connectivity index (χ3n) is 6.72. The third-order valence-corrected chi connectivity index (χ3v) is 6.72. The predicted molar refractivity (Wildman–Crippen MR) is 131 cm³/mol. The lowest BCUT2D eigenvalue weighted by Gasteiger charge is -2.26. The summed E-state index contributed by atoms with van der Waals surface area (Å²) in [7, 11) is 0. The zero-order valence-corrected chi connectivity index (χ0v) is 19.9. The molecule has 2 aliphatic rings. The van der Waals surface area contributed by atoms with Gasteiger partial charge in [-0.15, -0.1) is 0 Å². The highest BCUT2D eigenvalue weighted by Gasteiger charge is 2.23. The Morgan fingerprint density at radius 3 is 2.64 bits per heavy atom. The van der Waals surface area contributed by atoms with E-state index in [-0.39, 0.29) is 12.1 Å². The monoisotopic (exact) mass is 449 g/mol. The van der Waals surface area contributed by atoms with E-state index >= 15 is 0 Å². The summed E-state index contributed by atoms with van der Waals surface area (Å²) in [5, 5.41) is 11.6. The number of hydrogen-bond donors (Lipinski definition) is 2. The fourth-order valence-electron chi connectivity index (χ4n) is 4.87. The molecule has 1 unspecified atom stereocenters. The molecule has 2 aliphatic heterocycles. The summed E-state index contributed by atoms with van der Waals surface area (Å²) in [6.45, 7) is 10.6. The number of anilines is 2. The van der Waals surface area contributed by atoms with Crippen LogP contribution in [0.4, 0.5) is 11.6 Å². The van der Waals surface area contributed by atoms with Crippen molar-refractivity contribution in [2.24, 2.45) is 0 Å². The second-order valence-corrected chi connectivity index (χ2v) is 9.53. The first kappa shape index (κ1) is 21.9. The van der Waals surface area contributed by atoms with E-state index in [0.717, 1.165) is 50.2 Å². The van der Waals surface area contributed by atoms with E-state index in [4.69, 9.17) is 14.7 Å². The molecule has 5 rings (SSSR count). The third kappa shape index (κ3) is 4.62. The summed E-state index contributed by atoms with van der Waals surface area (Å²) in [6.07, 6.45) is 6.61. The molecule has 0 radical (unpaired) electrons. The summed E-state index contributed by atoms with van der Waals surface area (Å²) < 4.78 is 8.04. The maximum atomic E-state index is 6.23. The molecule has 33 heavy (non-hydrogen) atoms. The Bertz CT molecular complexity index is 1080. The highest BCUT2D eigenvalue weighted by atomic mass is 16.5. The summed E-state index contributed by atoms with van der Waals surface area (Å²) in [5.41, 5.74) is 4.47. The molecule has 2 atom stereocenters. The molecule has 2 N–H and O–H groups in total. The van der Waals surface area contributed by atoms with Gasteiger partial charge in [-0.3, -0.25) is 0 Å². The highest BCUT2D eigenvalue weighted by molar-refractivity contribution is 5.58. The van der Waals surface area contributed by atoms with Crippen molar-refractivity contribution in [2.45, 2.75) is 64.5 Å². The Labute approximate surface area is 195 Å². The predicted octanol–water partition coefficient (Wildman–Crippen LogP) is 4.15. The lowest BCUT2D eigenvalue weighted by Crippen LogP contribution is -2.37. The van der Waals surface area contributed by atoms with Crippen LogP contribution in [0.25, 0.3) is 5.65 Å². The molecule has 2 saturated heterocycles. The normalized spacial score (nSPS) is 19.9. The van der Waals surface area contributed by atoms with Crippen LogP contribution < -0.4 is 20.3 Å². The van der Waals surface area contributed by atoms with E-state index in [1.54, 1.807) is 0 Å². The number of piperidine rings is 1. The van der Waals surface area contributed by atoms with Gasteiger partial charge in [0.25, 0.3) is 0 Å². The van der Waals surface area contributed by atoms with Crippen molar-refractivity contribution in [1.29, 1.82) is 0 Å². The average molecular weight is 450 g/mol. The molecule has 0 spiro atoms. The molecule has 0 amide bonds. The Morgan fingerprint density at radius 2 is 1.88 bits per heavy atom. The van der Waals surface area contributed by atoms with Gasteiger partial charge in [0.1, 0.15) is 6.10 Å². The van der Waals surface area contributed by atoms with E-state index < -0.39 is 0 Å². The minimum Gasteiger partial charge on any atom is -0.459 e. The van der Waals surface area contributed by atoms with Crippen LogP contribution in [0.5, 0.6) is 6.01 Å². The van der Waals surface area contributed by atoms with Crippen LogP contribution in [0.1, 0.15) is 69.5 Å². The second-order valence-electron chi connectivity index (χ2n) is 9.53. The number of benzene rings is 1. The zero-order chi connectivity index (χ0) is 22.8. The van der Waals surface area contributed by atoms with Crippen LogP contribution in [-0.4, -0.2) is 51.9 Å². The molecule has 2 aromatic heterocycles. The molecule has 3 aromatic rings. The molecule has 1 aromatic carbocycles. The van der Waals surface area contributed by atoms with Crippen molar-refractivity contribution >= 4 is 17.3 Å². The van der Waals surface area contributed by atoms with Gasteiger partial charge in [0.15, 0.2) is 5.65 Å². The molecular formula is C25H35N7O. The fraction of sp³-hybridized carbons (Fsp3) is 0.560.